The van der Waals surface area contributed by atoms with Gasteiger partial charge in [0.25, 0.3) is 5.91 Å². The number of nitrogens with one attached hydrogen (secondary N) is 1. The molecule has 1 amide bonds. The number of rotatable bonds is 8. The molecule has 1 aliphatic heterocycles. The maximum atomic E-state index is 13.9. The predicted octanol–water partition coefficient (Wildman–Crippen LogP) is 3.84. The Bertz CT molecular complexity index is 1550. The first-order chi connectivity index (χ1) is 19.5. The molecule has 4 heterocycles. The molecule has 0 saturated carbocycles. The average Bonchev–Trinajstić information content (AvgIpc) is 3.31. The van der Waals surface area contributed by atoms with E-state index in [1.54, 1.807) is 17.2 Å². The number of carbonyl (C=O) groups excluding carboxylic acids is 1. The molecule has 1 unspecified atom stereocenters. The van der Waals surface area contributed by atoms with Crippen LogP contribution in [0.15, 0.2) is 48.7 Å². The minimum Gasteiger partial charge on any atom is -0.397 e. The lowest BCUT2D eigenvalue weighted by atomic mass is 10.0. The van der Waals surface area contributed by atoms with Crippen LogP contribution in [-0.4, -0.2) is 51.8 Å². The van der Waals surface area contributed by atoms with Crippen molar-refractivity contribution in [1.82, 2.24) is 15.3 Å². The van der Waals surface area contributed by atoms with Crippen LogP contribution >= 0.6 is 11.3 Å². The Morgan fingerprint density at radius 1 is 1.17 bits per heavy atom. The molecule has 4 aromatic rings. The number of nitrogen functional groups attached to an aromatic ring is 1. The van der Waals surface area contributed by atoms with E-state index in [1.807, 2.05) is 30.3 Å². The Morgan fingerprint density at radius 3 is 2.56 bits per heavy atom. The molecule has 0 bridgehead atoms. The number of benzene rings is 1. The van der Waals surface area contributed by atoms with Crippen LogP contribution in [0.2, 0.25) is 0 Å². The van der Waals surface area contributed by atoms with Crippen molar-refractivity contribution < 1.29 is 28.2 Å². The van der Waals surface area contributed by atoms with Gasteiger partial charge in [-0.3, -0.25) is 9.78 Å². The van der Waals surface area contributed by atoms with Crippen LogP contribution in [0.25, 0.3) is 21.3 Å². The number of hydrogen-bond acceptors (Lipinski definition) is 9. The van der Waals surface area contributed by atoms with Crippen molar-refractivity contribution in [3.05, 3.63) is 70.4 Å². The molecule has 7 N–H and O–H groups in total. The third kappa shape index (κ3) is 6.12. The number of amides is 1. The van der Waals surface area contributed by atoms with E-state index in [9.17, 15) is 28.2 Å². The standard InChI is InChI=1S/C28H29F3N6O3S/c29-28(30,31)19-11-22(36-27-23(19)24(32)25(41-27)26(33)40)37-8-6-18(7-9-37)34-13-21(39)20-5-4-17(12-35-20)16-3-1-2-15(10-16)14-38/h1-5,10-12,18,21,34,38-39H,6-9,13-14,32H2,(H2,33,40). The van der Waals surface area contributed by atoms with Crippen LogP contribution < -0.4 is 21.7 Å². The number of aliphatic hydroxyl groups is 2. The van der Waals surface area contributed by atoms with E-state index in [4.69, 9.17) is 11.5 Å². The molecular weight excluding hydrogens is 557 g/mol. The molecular formula is C28H29F3N6O3S. The van der Waals surface area contributed by atoms with Crippen molar-refractivity contribution in [1.29, 1.82) is 0 Å². The zero-order chi connectivity index (χ0) is 29.3. The highest BCUT2D eigenvalue weighted by molar-refractivity contribution is 7.21. The summed E-state index contributed by atoms with van der Waals surface area (Å²) in [5.74, 6) is -0.734. The van der Waals surface area contributed by atoms with Gasteiger partial charge in [-0.25, -0.2) is 4.98 Å². The van der Waals surface area contributed by atoms with E-state index >= 15 is 0 Å². The lowest BCUT2D eigenvalue weighted by molar-refractivity contribution is -0.136. The van der Waals surface area contributed by atoms with Gasteiger partial charge in [-0.1, -0.05) is 24.3 Å². The number of thiophene rings is 1. The fourth-order valence-corrected chi connectivity index (χ4v) is 5.96. The van der Waals surface area contributed by atoms with Gasteiger partial charge in [0.2, 0.25) is 0 Å². The number of pyridine rings is 2. The lowest BCUT2D eigenvalue weighted by Gasteiger charge is -2.34. The van der Waals surface area contributed by atoms with Gasteiger partial charge in [-0.2, -0.15) is 13.2 Å². The normalized spacial score (nSPS) is 15.4. The SMILES string of the molecule is NC(=O)c1sc2nc(N3CCC(NCC(O)c4ccc(-c5cccc(CO)c5)cn4)CC3)cc(C(F)(F)F)c2c1N. The number of anilines is 2. The topological polar surface area (TPSA) is 151 Å². The molecule has 5 rings (SSSR count). The molecule has 1 aliphatic rings. The van der Waals surface area contributed by atoms with E-state index in [0.29, 0.717) is 31.6 Å². The highest BCUT2D eigenvalue weighted by Gasteiger charge is 2.37. The Morgan fingerprint density at radius 2 is 1.93 bits per heavy atom. The Kier molecular flexibility index (Phi) is 8.13. The third-order valence-corrected chi connectivity index (χ3v) is 8.32. The van der Waals surface area contributed by atoms with Crippen molar-refractivity contribution in [3.8, 4) is 11.1 Å². The second-order valence-electron chi connectivity index (χ2n) is 9.93. The molecule has 9 nitrogen and oxygen atoms in total. The van der Waals surface area contributed by atoms with E-state index < -0.39 is 23.8 Å². The number of alkyl halides is 3. The molecule has 41 heavy (non-hydrogen) atoms. The molecule has 1 fully saturated rings. The van der Waals surface area contributed by atoms with Gasteiger partial charge in [0.1, 0.15) is 21.6 Å². The first-order valence-corrected chi connectivity index (χ1v) is 13.8. The van der Waals surface area contributed by atoms with Crippen molar-refractivity contribution in [2.24, 2.45) is 5.73 Å². The third-order valence-electron chi connectivity index (χ3n) is 7.20. The van der Waals surface area contributed by atoms with Gasteiger partial charge in [-0.05, 0) is 42.2 Å². The summed E-state index contributed by atoms with van der Waals surface area (Å²) >= 11 is 0.758. The summed E-state index contributed by atoms with van der Waals surface area (Å²) in [6.07, 6.45) is -2.60. The monoisotopic (exact) mass is 586 g/mol. The Labute approximate surface area is 237 Å². The lowest BCUT2D eigenvalue weighted by Crippen LogP contribution is -2.44. The van der Waals surface area contributed by atoms with Crippen molar-refractivity contribution in [2.45, 2.75) is 37.8 Å². The number of nitrogens with zero attached hydrogens (tertiary/aromatic N) is 3. The Balaban J connectivity index is 1.21. The molecule has 1 saturated heterocycles. The summed E-state index contributed by atoms with van der Waals surface area (Å²) in [7, 11) is 0. The fourth-order valence-electron chi connectivity index (χ4n) is 4.99. The van der Waals surface area contributed by atoms with Crippen LogP contribution in [0, 0.1) is 0 Å². The van der Waals surface area contributed by atoms with E-state index in [1.165, 1.54) is 0 Å². The van der Waals surface area contributed by atoms with Crippen LogP contribution in [-0.2, 0) is 12.8 Å². The molecule has 13 heteroatoms. The number of aliphatic hydroxyl groups excluding tert-OH is 2. The first-order valence-electron chi connectivity index (χ1n) is 13.0. The molecule has 3 aromatic heterocycles. The molecule has 216 valence electrons. The van der Waals surface area contributed by atoms with Crippen molar-refractivity contribution in [2.75, 3.05) is 30.3 Å². The number of carbonyl (C=O) groups is 1. The number of nitrogens with two attached hydrogens (primary N) is 2. The van der Waals surface area contributed by atoms with E-state index in [-0.39, 0.29) is 45.8 Å². The number of aromatic nitrogens is 2. The van der Waals surface area contributed by atoms with Crippen molar-refractivity contribution in [3.63, 3.8) is 0 Å². The van der Waals surface area contributed by atoms with Gasteiger partial charge in [0.15, 0.2) is 0 Å². The van der Waals surface area contributed by atoms with Crippen LogP contribution in [0.5, 0.6) is 0 Å². The smallest absolute Gasteiger partial charge is 0.397 e. The minimum atomic E-state index is -4.69. The van der Waals surface area contributed by atoms with Crippen LogP contribution in [0.1, 0.15) is 45.4 Å². The molecule has 0 aliphatic carbocycles. The predicted molar refractivity (Wildman–Crippen MR) is 151 cm³/mol. The molecule has 1 atom stereocenters. The highest BCUT2D eigenvalue weighted by atomic mass is 32.1. The largest absolute Gasteiger partial charge is 0.417 e. The molecule has 0 spiro atoms. The van der Waals surface area contributed by atoms with Crippen LogP contribution in [0.4, 0.5) is 24.7 Å². The number of hydrogen-bond donors (Lipinski definition) is 5. The van der Waals surface area contributed by atoms with Gasteiger partial charge >= 0.3 is 6.18 Å². The average molecular weight is 587 g/mol. The quantitative estimate of drug-likeness (QED) is 0.209. The highest BCUT2D eigenvalue weighted by Crippen LogP contribution is 2.43. The zero-order valence-corrected chi connectivity index (χ0v) is 22.7. The number of primary amides is 1. The van der Waals surface area contributed by atoms with Gasteiger partial charge in [0, 0.05) is 42.8 Å². The van der Waals surface area contributed by atoms with Gasteiger partial charge < -0.3 is 31.9 Å². The zero-order valence-electron chi connectivity index (χ0n) is 21.9. The second-order valence-corrected chi connectivity index (χ2v) is 10.9. The maximum Gasteiger partial charge on any atom is 0.417 e. The molecule has 1 aromatic carbocycles. The van der Waals surface area contributed by atoms with Crippen molar-refractivity contribution >= 4 is 39.0 Å². The Hall–Kier alpha value is -3.78. The van der Waals surface area contributed by atoms with Gasteiger partial charge in [0.05, 0.1) is 23.6 Å². The summed E-state index contributed by atoms with van der Waals surface area (Å²) in [5.41, 5.74) is 13.0. The second kappa shape index (κ2) is 11.6. The number of halogens is 3. The summed E-state index contributed by atoms with van der Waals surface area (Å²) in [6, 6.07) is 12.2. The number of piperidine rings is 1. The first kappa shape index (κ1) is 28.7. The summed E-state index contributed by atoms with van der Waals surface area (Å²) < 4.78 is 41.7. The number of fused-ring (bicyclic) bond motifs is 1. The maximum absolute atomic E-state index is 13.9. The summed E-state index contributed by atoms with van der Waals surface area (Å²) in [6.45, 7) is 1.12. The summed E-state index contributed by atoms with van der Waals surface area (Å²) in [5, 5.41) is 23.0. The van der Waals surface area contributed by atoms with E-state index in [2.05, 4.69) is 15.3 Å². The van der Waals surface area contributed by atoms with E-state index in [0.717, 1.165) is 34.1 Å². The summed E-state index contributed by atoms with van der Waals surface area (Å²) in [4.78, 5) is 22.1. The van der Waals surface area contributed by atoms with Crippen LogP contribution in [0.3, 0.4) is 0 Å². The minimum absolute atomic E-state index is 0.0177. The van der Waals surface area contributed by atoms with Gasteiger partial charge in [-0.15, -0.1) is 11.3 Å². The molecule has 0 radical (unpaired) electrons. The fraction of sp³-hybridized carbons (Fsp3) is 0.321.